The molecule has 3 aromatic rings. The van der Waals surface area contributed by atoms with Gasteiger partial charge in [0.05, 0.1) is 6.26 Å². The average molecular weight is 418 g/mol. The zero-order chi connectivity index (χ0) is 21.7. The lowest BCUT2D eigenvalue weighted by Crippen LogP contribution is -2.58. The highest BCUT2D eigenvalue weighted by molar-refractivity contribution is 6.20. The molecule has 0 aliphatic carbocycles. The Labute approximate surface area is 180 Å². The lowest BCUT2D eigenvalue weighted by Gasteiger charge is -2.33. The number of urea groups is 1. The Morgan fingerprint density at radius 1 is 1.10 bits per heavy atom. The van der Waals surface area contributed by atoms with Crippen molar-refractivity contribution in [2.75, 3.05) is 13.6 Å². The predicted molar refractivity (Wildman–Crippen MR) is 113 cm³/mol. The van der Waals surface area contributed by atoms with E-state index < -0.39 is 6.04 Å². The van der Waals surface area contributed by atoms with Crippen molar-refractivity contribution in [3.8, 4) is 0 Å². The quantitative estimate of drug-likeness (QED) is 0.598. The molecule has 0 radical (unpaired) electrons. The first-order valence-corrected chi connectivity index (χ1v) is 10.3. The van der Waals surface area contributed by atoms with E-state index in [1.165, 1.54) is 9.80 Å². The maximum absolute atomic E-state index is 13.5. The fraction of sp³-hybridized carbons (Fsp3) is 0.304. The summed E-state index contributed by atoms with van der Waals surface area (Å²) in [6, 6.07) is 12.7. The summed E-state index contributed by atoms with van der Waals surface area (Å²) in [6.07, 6.45) is 2.25. The van der Waals surface area contributed by atoms with Crippen LogP contribution in [0.15, 0.2) is 58.1 Å². The van der Waals surface area contributed by atoms with Gasteiger partial charge in [0.25, 0.3) is 5.91 Å². The smallest absolute Gasteiger partial charge is 0.402 e. The van der Waals surface area contributed by atoms with Crippen LogP contribution in [0.2, 0.25) is 0 Å². The highest BCUT2D eigenvalue weighted by Crippen LogP contribution is 2.35. The second-order valence-electron chi connectivity index (χ2n) is 7.95. The van der Waals surface area contributed by atoms with Gasteiger partial charge in [-0.15, -0.1) is 0 Å². The summed E-state index contributed by atoms with van der Waals surface area (Å²) in [5.41, 5.74) is 3.04. The van der Waals surface area contributed by atoms with Crippen molar-refractivity contribution in [1.29, 1.82) is 0 Å². The number of nitrogens with zero attached hydrogens (tertiary/aromatic N) is 5. The third-order valence-corrected chi connectivity index (χ3v) is 6.19. The van der Waals surface area contributed by atoms with Crippen LogP contribution in [-0.4, -0.2) is 45.7 Å². The van der Waals surface area contributed by atoms with Crippen molar-refractivity contribution in [3.63, 3.8) is 0 Å². The molecule has 5 rings (SSSR count). The third kappa shape index (κ3) is 2.98. The average Bonchev–Trinajstić information content (AvgIpc) is 3.48. The van der Waals surface area contributed by atoms with Crippen LogP contribution in [0.4, 0.5) is 10.7 Å². The van der Waals surface area contributed by atoms with Crippen LogP contribution in [0, 0.1) is 13.8 Å². The molecule has 4 heterocycles. The molecule has 0 bridgehead atoms. The number of aliphatic imine (C=N–C) groups is 1. The number of imide groups is 1. The van der Waals surface area contributed by atoms with Gasteiger partial charge >= 0.3 is 12.0 Å². The number of aromatic nitrogens is 2. The molecular formula is C23H24N5O3+. The zero-order valence-electron chi connectivity index (χ0n) is 17.8. The molecule has 0 saturated carbocycles. The van der Waals surface area contributed by atoms with E-state index in [9.17, 15) is 9.59 Å². The second kappa shape index (κ2) is 7.23. The highest BCUT2D eigenvalue weighted by Gasteiger charge is 2.54. The van der Waals surface area contributed by atoms with Gasteiger partial charge in [-0.2, -0.15) is 0 Å². The molecule has 8 nitrogen and oxygen atoms in total. The number of imidazole rings is 1. The maximum atomic E-state index is 13.5. The summed E-state index contributed by atoms with van der Waals surface area (Å²) in [6.45, 7) is 4.83. The molecule has 8 heteroatoms. The van der Waals surface area contributed by atoms with Gasteiger partial charge in [-0.25, -0.2) is 13.9 Å². The van der Waals surface area contributed by atoms with Crippen molar-refractivity contribution in [3.05, 3.63) is 71.4 Å². The number of amidine groups is 1. The van der Waals surface area contributed by atoms with Gasteiger partial charge in [-0.1, -0.05) is 35.3 Å². The molecule has 2 aliphatic heterocycles. The van der Waals surface area contributed by atoms with Crippen LogP contribution >= 0.6 is 0 Å². The zero-order valence-corrected chi connectivity index (χ0v) is 17.8. The van der Waals surface area contributed by atoms with Gasteiger partial charge in [-0.3, -0.25) is 14.6 Å². The van der Waals surface area contributed by atoms with Crippen molar-refractivity contribution < 1.29 is 18.6 Å². The lowest BCUT2D eigenvalue weighted by atomic mass is 10.1. The number of amides is 3. The SMILES string of the molecule is Cc1c(C)[n+](Cc2ccco2)c2n1C1C(=O)N(CCc3ccccc3)C(=O)N(C)C1=N2. The first-order valence-electron chi connectivity index (χ1n) is 10.3. The van der Waals surface area contributed by atoms with Crippen molar-refractivity contribution in [2.45, 2.75) is 32.9 Å². The van der Waals surface area contributed by atoms with E-state index in [4.69, 9.17) is 9.41 Å². The van der Waals surface area contributed by atoms with Gasteiger partial charge in [0, 0.05) is 13.6 Å². The minimum Gasteiger partial charge on any atom is -0.466 e. The predicted octanol–water partition coefficient (Wildman–Crippen LogP) is 2.76. The molecule has 0 spiro atoms. The third-order valence-electron chi connectivity index (χ3n) is 6.19. The van der Waals surface area contributed by atoms with Gasteiger partial charge in [-0.05, 0) is 38.0 Å². The number of furan rings is 1. The van der Waals surface area contributed by atoms with E-state index in [1.54, 1.807) is 13.3 Å². The molecule has 1 fully saturated rings. The number of hydrogen-bond donors (Lipinski definition) is 0. The number of likely N-dealkylation sites (N-methyl/N-ethyl adjacent to an activating group) is 1. The molecule has 158 valence electrons. The Morgan fingerprint density at radius 2 is 1.87 bits per heavy atom. The lowest BCUT2D eigenvalue weighted by molar-refractivity contribution is -0.682. The fourth-order valence-electron chi connectivity index (χ4n) is 4.34. The van der Waals surface area contributed by atoms with Crippen LogP contribution in [0.3, 0.4) is 0 Å². The van der Waals surface area contributed by atoms with Gasteiger partial charge in [0.2, 0.25) is 11.9 Å². The number of hydrogen-bond acceptors (Lipinski definition) is 4. The largest absolute Gasteiger partial charge is 0.466 e. The van der Waals surface area contributed by atoms with Crippen LogP contribution in [0.1, 0.15) is 28.8 Å². The molecule has 1 atom stereocenters. The Morgan fingerprint density at radius 3 is 2.58 bits per heavy atom. The number of rotatable bonds is 5. The van der Waals surface area contributed by atoms with Crippen LogP contribution in [0.25, 0.3) is 0 Å². The minimum atomic E-state index is -0.634. The summed E-state index contributed by atoms with van der Waals surface area (Å²) in [5.74, 6) is 1.69. The second-order valence-corrected chi connectivity index (χ2v) is 7.95. The van der Waals surface area contributed by atoms with Crippen LogP contribution < -0.4 is 4.57 Å². The molecule has 1 unspecified atom stereocenters. The Hall–Kier alpha value is -3.68. The summed E-state index contributed by atoms with van der Waals surface area (Å²) < 4.78 is 9.48. The Kier molecular flexibility index (Phi) is 4.50. The van der Waals surface area contributed by atoms with Crippen molar-refractivity contribution in [1.82, 2.24) is 14.4 Å². The first kappa shape index (κ1) is 19.3. The molecule has 3 amide bonds. The van der Waals surface area contributed by atoms with Gasteiger partial charge in [0.15, 0.2) is 0 Å². The minimum absolute atomic E-state index is 0.236. The van der Waals surface area contributed by atoms with Crippen molar-refractivity contribution in [2.24, 2.45) is 4.99 Å². The number of fused-ring (bicyclic) bond motifs is 3. The number of carbonyl (C=O) groups is 2. The van der Waals surface area contributed by atoms with E-state index in [-0.39, 0.29) is 11.9 Å². The summed E-state index contributed by atoms with van der Waals surface area (Å²) >= 11 is 0. The van der Waals surface area contributed by atoms with Crippen molar-refractivity contribution >= 4 is 23.7 Å². The number of benzene rings is 1. The molecule has 2 aromatic heterocycles. The van der Waals surface area contributed by atoms with E-state index in [1.807, 2.05) is 65.4 Å². The van der Waals surface area contributed by atoms with Crippen LogP contribution in [0.5, 0.6) is 0 Å². The number of carbonyl (C=O) groups excluding carboxylic acids is 2. The molecule has 0 N–H and O–H groups in total. The van der Waals surface area contributed by atoms with E-state index in [2.05, 4.69) is 0 Å². The van der Waals surface area contributed by atoms with Gasteiger partial charge < -0.3 is 4.42 Å². The molecule has 2 aliphatic rings. The monoisotopic (exact) mass is 418 g/mol. The standard InChI is InChI=1S/C23H24N5O3/c1-15-16(2)28-19-20(24-22(28)27(15)14-18-10-7-13-31-18)25(3)23(30)26(21(19)29)12-11-17-8-5-4-6-9-17/h4-10,13,19H,11-12,14H2,1-3H3/q+1. The Balaban J connectivity index is 1.49. The molecule has 1 aromatic carbocycles. The molecule has 31 heavy (non-hydrogen) atoms. The first-order chi connectivity index (χ1) is 15.0. The topological polar surface area (TPSA) is 74.9 Å². The maximum Gasteiger partial charge on any atom is 0.402 e. The Bertz CT molecular complexity index is 1190. The van der Waals surface area contributed by atoms with E-state index in [0.717, 1.165) is 22.7 Å². The highest BCUT2D eigenvalue weighted by atomic mass is 16.3. The summed E-state index contributed by atoms with van der Waals surface area (Å²) in [4.78, 5) is 34.0. The summed E-state index contributed by atoms with van der Waals surface area (Å²) in [5, 5.41) is 0. The molecular weight excluding hydrogens is 394 g/mol. The van der Waals surface area contributed by atoms with Crippen LogP contribution in [-0.2, 0) is 17.8 Å². The summed E-state index contributed by atoms with van der Waals surface area (Å²) in [7, 11) is 1.68. The normalized spacial score (nSPS) is 17.8. The van der Waals surface area contributed by atoms with E-state index in [0.29, 0.717) is 31.3 Å². The molecule has 1 saturated heterocycles. The van der Waals surface area contributed by atoms with E-state index >= 15 is 0 Å². The van der Waals surface area contributed by atoms with Gasteiger partial charge in [0.1, 0.15) is 23.7 Å². The fourth-order valence-corrected chi connectivity index (χ4v) is 4.34.